The number of alkyl halides is 3. The minimum Gasteiger partial charge on any atom is -0.345 e. The standard InChI is InChI=1S/C23H21ClF3N3O/c1-2-12-30(22(31)28-20-10-8-19(24)9-11-20)16-21-7-4-13-29(21)15-17-5-3-6-18(14-17)23(25,26)27/h2-11,13-14H,1,12,15-16H2,(H,28,31). The van der Waals surface area contributed by atoms with Crippen LogP contribution >= 0.6 is 11.6 Å². The second-order valence-electron chi connectivity index (χ2n) is 6.93. The van der Waals surface area contributed by atoms with Gasteiger partial charge in [-0.05, 0) is 54.1 Å². The Morgan fingerprint density at radius 2 is 1.87 bits per heavy atom. The molecule has 0 unspecified atom stereocenters. The molecule has 31 heavy (non-hydrogen) atoms. The molecule has 162 valence electrons. The first-order chi connectivity index (χ1) is 14.8. The smallest absolute Gasteiger partial charge is 0.345 e. The maximum atomic E-state index is 13.0. The summed E-state index contributed by atoms with van der Waals surface area (Å²) in [7, 11) is 0. The molecule has 0 saturated heterocycles. The Labute approximate surface area is 183 Å². The summed E-state index contributed by atoms with van der Waals surface area (Å²) in [5, 5.41) is 3.37. The molecule has 1 aromatic heterocycles. The van der Waals surface area contributed by atoms with Gasteiger partial charge in [0.15, 0.2) is 0 Å². The molecule has 4 nitrogen and oxygen atoms in total. The lowest BCUT2D eigenvalue weighted by atomic mass is 10.1. The molecule has 0 aliphatic carbocycles. The predicted molar refractivity (Wildman–Crippen MR) is 116 cm³/mol. The molecule has 2 amide bonds. The summed E-state index contributed by atoms with van der Waals surface area (Å²) in [6.07, 6.45) is -1.00. The van der Waals surface area contributed by atoms with Crippen LogP contribution in [0.1, 0.15) is 16.8 Å². The third-order valence-corrected chi connectivity index (χ3v) is 4.87. The van der Waals surface area contributed by atoms with Crippen LogP contribution in [0.2, 0.25) is 5.02 Å². The fourth-order valence-corrected chi connectivity index (χ4v) is 3.22. The Kier molecular flexibility index (Phi) is 7.07. The Balaban J connectivity index is 1.74. The van der Waals surface area contributed by atoms with E-state index in [0.717, 1.165) is 17.8 Å². The molecule has 8 heteroatoms. The van der Waals surface area contributed by atoms with Crippen LogP contribution in [-0.4, -0.2) is 22.0 Å². The van der Waals surface area contributed by atoms with Crippen molar-refractivity contribution in [2.24, 2.45) is 0 Å². The van der Waals surface area contributed by atoms with Gasteiger partial charge in [-0.1, -0.05) is 29.8 Å². The minimum atomic E-state index is -4.39. The number of carbonyl (C=O) groups excluding carboxylic acids is 1. The molecule has 0 bridgehead atoms. The van der Waals surface area contributed by atoms with Crippen LogP contribution in [0.25, 0.3) is 0 Å². The van der Waals surface area contributed by atoms with E-state index in [1.807, 2.05) is 10.6 Å². The SMILES string of the molecule is C=CCN(Cc1cccn1Cc1cccc(C(F)(F)F)c1)C(=O)Nc1ccc(Cl)cc1. The fraction of sp³-hybridized carbons (Fsp3) is 0.174. The summed E-state index contributed by atoms with van der Waals surface area (Å²) >= 11 is 5.87. The van der Waals surface area contributed by atoms with E-state index in [4.69, 9.17) is 11.6 Å². The Morgan fingerprint density at radius 3 is 2.55 bits per heavy atom. The third kappa shape index (κ3) is 6.15. The number of hydrogen-bond acceptors (Lipinski definition) is 1. The van der Waals surface area contributed by atoms with Crippen molar-refractivity contribution in [3.63, 3.8) is 0 Å². The van der Waals surface area contributed by atoms with Gasteiger partial charge in [-0.15, -0.1) is 6.58 Å². The van der Waals surface area contributed by atoms with E-state index >= 15 is 0 Å². The highest BCUT2D eigenvalue weighted by Gasteiger charge is 2.30. The van der Waals surface area contributed by atoms with Crippen LogP contribution in [0.15, 0.2) is 79.5 Å². The van der Waals surface area contributed by atoms with Crippen LogP contribution in [0.5, 0.6) is 0 Å². The number of aromatic nitrogens is 1. The monoisotopic (exact) mass is 447 g/mol. The number of amides is 2. The number of benzene rings is 2. The molecule has 0 aliphatic heterocycles. The van der Waals surface area contributed by atoms with Crippen molar-refractivity contribution < 1.29 is 18.0 Å². The first kappa shape index (κ1) is 22.5. The van der Waals surface area contributed by atoms with Crippen LogP contribution in [0.4, 0.5) is 23.7 Å². The molecule has 0 atom stereocenters. The number of halogens is 4. The predicted octanol–water partition coefficient (Wildman–Crippen LogP) is 6.43. The summed E-state index contributed by atoms with van der Waals surface area (Å²) < 4.78 is 40.8. The second-order valence-corrected chi connectivity index (χ2v) is 7.37. The lowest BCUT2D eigenvalue weighted by Crippen LogP contribution is -2.35. The number of rotatable bonds is 7. The van der Waals surface area contributed by atoms with Crippen molar-refractivity contribution in [3.05, 3.63) is 101 Å². The molecular weight excluding hydrogens is 427 g/mol. The Bertz CT molecular complexity index is 1040. The fourth-order valence-electron chi connectivity index (χ4n) is 3.10. The summed E-state index contributed by atoms with van der Waals surface area (Å²) in [5.74, 6) is 0. The zero-order valence-corrected chi connectivity index (χ0v) is 17.3. The van der Waals surface area contributed by atoms with Crippen LogP contribution < -0.4 is 5.32 Å². The van der Waals surface area contributed by atoms with Gasteiger partial charge >= 0.3 is 12.2 Å². The topological polar surface area (TPSA) is 37.3 Å². The van der Waals surface area contributed by atoms with Gasteiger partial charge < -0.3 is 14.8 Å². The molecule has 1 N–H and O–H groups in total. The average Bonchev–Trinajstić information content (AvgIpc) is 3.15. The maximum absolute atomic E-state index is 13.0. The number of urea groups is 1. The van der Waals surface area contributed by atoms with Crippen molar-refractivity contribution in [1.82, 2.24) is 9.47 Å². The van der Waals surface area contributed by atoms with E-state index in [-0.39, 0.29) is 19.1 Å². The molecule has 3 aromatic rings. The van der Waals surface area contributed by atoms with Gasteiger partial charge in [-0.25, -0.2) is 4.79 Å². The number of nitrogens with one attached hydrogen (secondary N) is 1. The second kappa shape index (κ2) is 9.75. The maximum Gasteiger partial charge on any atom is 0.416 e. The third-order valence-electron chi connectivity index (χ3n) is 4.62. The van der Waals surface area contributed by atoms with Crippen LogP contribution in [-0.2, 0) is 19.3 Å². The van der Waals surface area contributed by atoms with E-state index < -0.39 is 11.7 Å². The molecular formula is C23H21ClF3N3O. The van der Waals surface area contributed by atoms with Gasteiger partial charge in [0, 0.05) is 35.7 Å². The number of carbonyl (C=O) groups is 1. The molecule has 1 heterocycles. The van der Waals surface area contributed by atoms with Crippen molar-refractivity contribution in [2.45, 2.75) is 19.3 Å². The van der Waals surface area contributed by atoms with Crippen LogP contribution in [0, 0.1) is 0 Å². The van der Waals surface area contributed by atoms with Crippen molar-refractivity contribution in [1.29, 1.82) is 0 Å². The summed E-state index contributed by atoms with van der Waals surface area (Å²) in [6.45, 7) is 4.52. The summed E-state index contributed by atoms with van der Waals surface area (Å²) in [6, 6.07) is 15.3. The summed E-state index contributed by atoms with van der Waals surface area (Å²) in [5.41, 5.74) is 1.22. The Morgan fingerprint density at radius 1 is 1.13 bits per heavy atom. The molecule has 0 spiro atoms. The van der Waals surface area contributed by atoms with E-state index in [1.165, 1.54) is 6.07 Å². The van der Waals surface area contributed by atoms with Gasteiger partial charge in [0.25, 0.3) is 0 Å². The molecule has 3 rings (SSSR count). The van der Waals surface area contributed by atoms with Crippen molar-refractivity contribution in [2.75, 3.05) is 11.9 Å². The quantitative estimate of drug-likeness (QED) is 0.416. The highest BCUT2D eigenvalue weighted by atomic mass is 35.5. The Hall–Kier alpha value is -3.19. The highest BCUT2D eigenvalue weighted by Crippen LogP contribution is 2.29. The van der Waals surface area contributed by atoms with Crippen molar-refractivity contribution >= 4 is 23.3 Å². The lowest BCUT2D eigenvalue weighted by molar-refractivity contribution is -0.137. The van der Waals surface area contributed by atoms with Gasteiger partial charge in [0.2, 0.25) is 0 Å². The molecule has 2 aromatic carbocycles. The molecule has 0 radical (unpaired) electrons. The minimum absolute atomic E-state index is 0.257. The zero-order chi connectivity index (χ0) is 22.4. The van der Waals surface area contributed by atoms with Crippen molar-refractivity contribution in [3.8, 4) is 0 Å². The van der Waals surface area contributed by atoms with E-state index in [9.17, 15) is 18.0 Å². The zero-order valence-electron chi connectivity index (χ0n) is 16.6. The molecule has 0 saturated carbocycles. The van der Waals surface area contributed by atoms with Crippen LogP contribution in [0.3, 0.4) is 0 Å². The van der Waals surface area contributed by atoms with Gasteiger partial charge in [-0.3, -0.25) is 0 Å². The molecule has 0 aliphatic rings. The normalized spacial score (nSPS) is 11.2. The highest BCUT2D eigenvalue weighted by molar-refractivity contribution is 6.30. The molecule has 0 fully saturated rings. The summed E-state index contributed by atoms with van der Waals surface area (Å²) in [4.78, 5) is 14.3. The lowest BCUT2D eigenvalue weighted by Gasteiger charge is -2.23. The van der Waals surface area contributed by atoms with E-state index in [2.05, 4.69) is 11.9 Å². The van der Waals surface area contributed by atoms with E-state index in [1.54, 1.807) is 53.6 Å². The van der Waals surface area contributed by atoms with E-state index in [0.29, 0.717) is 22.8 Å². The number of hydrogen-bond donors (Lipinski definition) is 1. The van der Waals surface area contributed by atoms with Gasteiger partial charge in [0.05, 0.1) is 12.1 Å². The number of anilines is 1. The first-order valence-corrected chi connectivity index (χ1v) is 9.86. The average molecular weight is 448 g/mol. The number of nitrogens with zero attached hydrogens (tertiary/aromatic N) is 2. The first-order valence-electron chi connectivity index (χ1n) is 9.49. The van der Waals surface area contributed by atoms with Gasteiger partial charge in [-0.2, -0.15) is 13.2 Å². The van der Waals surface area contributed by atoms with Gasteiger partial charge in [0.1, 0.15) is 0 Å². The largest absolute Gasteiger partial charge is 0.416 e.